The third kappa shape index (κ3) is 6.71. The Hall–Kier alpha value is -1.73. The molecule has 0 saturated carbocycles. The molecule has 5 nitrogen and oxygen atoms in total. The lowest BCUT2D eigenvalue weighted by atomic mass is 10.2. The van der Waals surface area contributed by atoms with E-state index in [1.165, 1.54) is 12.1 Å². The van der Waals surface area contributed by atoms with Crippen molar-refractivity contribution in [3.8, 4) is 11.5 Å². The predicted molar refractivity (Wildman–Crippen MR) is 114 cm³/mol. The zero-order valence-corrected chi connectivity index (χ0v) is 17.4. The summed E-state index contributed by atoms with van der Waals surface area (Å²) >= 11 is 0. The monoisotopic (exact) mass is 432 g/mol. The van der Waals surface area contributed by atoms with Crippen LogP contribution in [-0.4, -0.2) is 62.6 Å². The summed E-state index contributed by atoms with van der Waals surface area (Å²) in [7, 11) is 1.69. The average Bonchev–Trinajstić information content (AvgIpc) is 2.68. The smallest absolute Gasteiger partial charge is 0.142 e. The van der Waals surface area contributed by atoms with E-state index in [9.17, 15) is 9.50 Å². The number of nitrogens with zero attached hydrogens (tertiary/aromatic N) is 2. The number of halogens is 3. The number of methoxy groups -OCH3 is 1. The second-order valence-electron chi connectivity index (χ2n) is 6.38. The van der Waals surface area contributed by atoms with Gasteiger partial charge in [-0.3, -0.25) is 4.90 Å². The Kier molecular flexibility index (Phi) is 10.4. The highest BCUT2D eigenvalue weighted by atomic mass is 35.5. The van der Waals surface area contributed by atoms with Gasteiger partial charge in [0.05, 0.1) is 12.8 Å². The molecule has 156 valence electrons. The summed E-state index contributed by atoms with van der Waals surface area (Å²) in [4.78, 5) is 4.53. The molecule has 0 amide bonds. The molecule has 2 aromatic rings. The highest BCUT2D eigenvalue weighted by Crippen LogP contribution is 2.28. The first kappa shape index (κ1) is 24.3. The van der Waals surface area contributed by atoms with Gasteiger partial charge in [0, 0.05) is 32.7 Å². The number of aliphatic hydroxyl groups excluding tert-OH is 1. The molecule has 1 N–H and O–H groups in total. The number of anilines is 1. The number of rotatable bonds is 7. The lowest BCUT2D eigenvalue weighted by Crippen LogP contribution is -2.49. The lowest BCUT2D eigenvalue weighted by Gasteiger charge is -2.37. The Balaban J connectivity index is 0.00000196. The highest BCUT2D eigenvalue weighted by Gasteiger charge is 2.21. The molecule has 1 aliphatic rings. The van der Waals surface area contributed by atoms with E-state index in [4.69, 9.17) is 9.47 Å². The van der Waals surface area contributed by atoms with Gasteiger partial charge < -0.3 is 19.5 Å². The van der Waals surface area contributed by atoms with E-state index in [0.717, 1.165) is 37.6 Å². The number of hydrogen-bond donors (Lipinski definition) is 1. The quantitative estimate of drug-likeness (QED) is 0.727. The summed E-state index contributed by atoms with van der Waals surface area (Å²) in [5, 5.41) is 10.2. The van der Waals surface area contributed by atoms with Crippen LogP contribution in [0.15, 0.2) is 48.5 Å². The summed E-state index contributed by atoms with van der Waals surface area (Å²) in [6.07, 6.45) is -0.585. The molecule has 1 unspecified atom stereocenters. The second kappa shape index (κ2) is 12.0. The van der Waals surface area contributed by atoms with Crippen molar-refractivity contribution in [1.29, 1.82) is 0 Å². The van der Waals surface area contributed by atoms with Gasteiger partial charge in [0.25, 0.3) is 0 Å². The van der Waals surface area contributed by atoms with Crippen LogP contribution in [0.4, 0.5) is 10.1 Å². The molecule has 1 saturated heterocycles. The van der Waals surface area contributed by atoms with Gasteiger partial charge in [0.15, 0.2) is 0 Å². The van der Waals surface area contributed by atoms with E-state index in [1.54, 1.807) is 19.2 Å². The maximum absolute atomic E-state index is 12.9. The molecule has 1 heterocycles. The van der Waals surface area contributed by atoms with Gasteiger partial charge in [-0.25, -0.2) is 4.39 Å². The fourth-order valence-corrected chi connectivity index (χ4v) is 3.14. The number of para-hydroxylation sites is 2. The van der Waals surface area contributed by atoms with Gasteiger partial charge in [0.2, 0.25) is 0 Å². The van der Waals surface area contributed by atoms with Crippen molar-refractivity contribution < 1.29 is 19.0 Å². The Labute approximate surface area is 177 Å². The number of benzene rings is 2. The summed E-state index contributed by atoms with van der Waals surface area (Å²) in [5.74, 6) is 1.14. The van der Waals surface area contributed by atoms with Gasteiger partial charge in [-0.1, -0.05) is 12.1 Å². The molecule has 1 atom stereocenters. The van der Waals surface area contributed by atoms with Crippen LogP contribution >= 0.6 is 24.8 Å². The normalized spacial score (nSPS) is 15.2. The minimum Gasteiger partial charge on any atom is -0.495 e. The van der Waals surface area contributed by atoms with Gasteiger partial charge in [0.1, 0.15) is 30.0 Å². The first-order valence-electron chi connectivity index (χ1n) is 8.82. The van der Waals surface area contributed by atoms with Gasteiger partial charge >= 0.3 is 0 Å². The molecular weight excluding hydrogens is 406 g/mol. The molecule has 0 spiro atoms. The van der Waals surface area contributed by atoms with Crippen molar-refractivity contribution in [2.24, 2.45) is 0 Å². The SMILES string of the molecule is COc1ccccc1N1CCN(CC(O)COc2ccc(F)cc2)CC1.Cl.Cl. The largest absolute Gasteiger partial charge is 0.495 e. The van der Waals surface area contributed by atoms with Crippen LogP contribution in [0, 0.1) is 5.82 Å². The predicted octanol–water partition coefficient (Wildman–Crippen LogP) is 3.24. The Morgan fingerprint density at radius 3 is 2.29 bits per heavy atom. The van der Waals surface area contributed by atoms with E-state index in [0.29, 0.717) is 12.3 Å². The van der Waals surface area contributed by atoms with Crippen LogP contribution in [0.25, 0.3) is 0 Å². The fraction of sp³-hybridized carbons (Fsp3) is 0.400. The number of hydrogen-bond acceptors (Lipinski definition) is 5. The number of ether oxygens (including phenoxy) is 2. The number of β-amino-alcohol motifs (C(OH)–C–C–N with tert-alkyl or cyclic N) is 1. The molecule has 0 bridgehead atoms. The van der Waals surface area contributed by atoms with E-state index in [2.05, 4.69) is 15.9 Å². The van der Waals surface area contributed by atoms with Crippen LogP contribution in [0.3, 0.4) is 0 Å². The molecule has 1 fully saturated rings. The second-order valence-corrected chi connectivity index (χ2v) is 6.38. The van der Waals surface area contributed by atoms with Crippen LogP contribution in [0.1, 0.15) is 0 Å². The molecule has 0 aliphatic carbocycles. The minimum absolute atomic E-state index is 0. The number of piperazine rings is 1. The van der Waals surface area contributed by atoms with Gasteiger partial charge in [-0.2, -0.15) is 0 Å². The van der Waals surface area contributed by atoms with E-state index in [1.807, 2.05) is 18.2 Å². The summed E-state index contributed by atoms with van der Waals surface area (Å²) in [5.41, 5.74) is 1.11. The first-order chi connectivity index (χ1) is 12.7. The molecule has 0 aromatic heterocycles. The van der Waals surface area contributed by atoms with Gasteiger partial charge in [-0.05, 0) is 36.4 Å². The van der Waals surface area contributed by atoms with Gasteiger partial charge in [-0.15, -0.1) is 24.8 Å². The average molecular weight is 433 g/mol. The molecule has 1 aliphatic heterocycles. The summed E-state index contributed by atoms with van der Waals surface area (Å²) in [6, 6.07) is 13.8. The molecule has 2 aromatic carbocycles. The van der Waals surface area contributed by atoms with Crippen molar-refractivity contribution in [2.45, 2.75) is 6.10 Å². The first-order valence-corrected chi connectivity index (χ1v) is 8.82. The number of aliphatic hydroxyl groups is 1. The third-order valence-electron chi connectivity index (χ3n) is 4.52. The standard InChI is InChI=1S/C20H25FN2O3.2ClH/c1-25-20-5-3-2-4-19(20)23-12-10-22(11-13-23)14-17(24)15-26-18-8-6-16(21)7-9-18;;/h2-9,17,24H,10-15H2,1H3;2*1H. The third-order valence-corrected chi connectivity index (χ3v) is 4.52. The molecule has 0 radical (unpaired) electrons. The van der Waals surface area contributed by atoms with E-state index < -0.39 is 6.10 Å². The van der Waals surface area contributed by atoms with Crippen LogP contribution < -0.4 is 14.4 Å². The Morgan fingerprint density at radius 2 is 1.64 bits per heavy atom. The molecular formula is C20H27Cl2FN2O3. The molecule has 8 heteroatoms. The van der Waals surface area contributed by atoms with E-state index >= 15 is 0 Å². The van der Waals surface area contributed by atoms with Crippen LogP contribution in [-0.2, 0) is 0 Å². The van der Waals surface area contributed by atoms with Crippen LogP contribution in [0.5, 0.6) is 11.5 Å². The van der Waals surface area contributed by atoms with Crippen molar-refractivity contribution in [3.63, 3.8) is 0 Å². The lowest BCUT2D eigenvalue weighted by molar-refractivity contribution is 0.0662. The topological polar surface area (TPSA) is 45.2 Å². The maximum Gasteiger partial charge on any atom is 0.142 e. The minimum atomic E-state index is -0.585. The zero-order chi connectivity index (χ0) is 18.4. The van der Waals surface area contributed by atoms with E-state index in [-0.39, 0.29) is 37.2 Å². The Morgan fingerprint density at radius 1 is 1.00 bits per heavy atom. The van der Waals surface area contributed by atoms with Crippen molar-refractivity contribution in [3.05, 3.63) is 54.3 Å². The summed E-state index contributed by atoms with van der Waals surface area (Å²) < 4.78 is 23.8. The summed E-state index contributed by atoms with van der Waals surface area (Å²) in [6.45, 7) is 4.24. The Bertz CT molecular complexity index is 698. The molecule has 28 heavy (non-hydrogen) atoms. The van der Waals surface area contributed by atoms with Crippen molar-refractivity contribution in [2.75, 3.05) is 51.3 Å². The molecule has 3 rings (SSSR count). The van der Waals surface area contributed by atoms with Crippen molar-refractivity contribution >= 4 is 30.5 Å². The van der Waals surface area contributed by atoms with Crippen LogP contribution in [0.2, 0.25) is 0 Å². The maximum atomic E-state index is 12.9. The van der Waals surface area contributed by atoms with Crippen molar-refractivity contribution in [1.82, 2.24) is 4.90 Å². The fourth-order valence-electron chi connectivity index (χ4n) is 3.14. The zero-order valence-electron chi connectivity index (χ0n) is 15.8. The highest BCUT2D eigenvalue weighted by molar-refractivity contribution is 5.85.